The molecule has 1 amide bonds. The molecule has 144 valence electrons. The number of thioether (sulfide) groups is 1. The number of hydrogen-bond acceptors (Lipinski definition) is 6. The Kier molecular flexibility index (Phi) is 4.41. The van der Waals surface area contributed by atoms with Crippen LogP contribution < -0.4 is 19.1 Å². The van der Waals surface area contributed by atoms with Gasteiger partial charge in [-0.1, -0.05) is 54.3 Å². The zero-order valence-corrected chi connectivity index (χ0v) is 17.0. The minimum atomic E-state index is -0.154. The molecule has 2 heterocycles. The molecule has 7 heteroatoms. The number of carbonyl (C=O) groups is 1. The van der Waals surface area contributed by atoms with Gasteiger partial charge in [-0.05, 0) is 35.2 Å². The van der Waals surface area contributed by atoms with Crippen LogP contribution in [0, 0.1) is 0 Å². The molecular weight excluding hydrogens is 406 g/mol. The van der Waals surface area contributed by atoms with Gasteiger partial charge in [-0.3, -0.25) is 9.69 Å². The van der Waals surface area contributed by atoms with E-state index in [1.165, 1.54) is 16.7 Å². The van der Waals surface area contributed by atoms with Crippen molar-refractivity contribution < 1.29 is 19.0 Å². The molecule has 2 aliphatic heterocycles. The number of carbonyl (C=O) groups excluding carboxylic acids is 1. The van der Waals surface area contributed by atoms with E-state index in [4.69, 9.17) is 26.4 Å². The summed E-state index contributed by atoms with van der Waals surface area (Å²) in [6.07, 6.45) is 1.88. The second-order valence-corrected chi connectivity index (χ2v) is 8.13. The first-order valence-corrected chi connectivity index (χ1v) is 10.1. The van der Waals surface area contributed by atoms with E-state index in [-0.39, 0.29) is 12.7 Å². The number of fused-ring (bicyclic) bond motifs is 2. The molecule has 0 saturated carbocycles. The molecule has 0 radical (unpaired) electrons. The first kappa shape index (κ1) is 18.0. The standard InChI is InChI=1S/C22H15NO4S2/c1-25-17-8-6-13(15-4-2-3-5-16(15)17)10-20-21(24)23(22(28)29-20)14-7-9-18-19(11-14)27-12-26-18/h2-11H,12H2,1H3/b20-10+. The number of amides is 1. The lowest BCUT2D eigenvalue weighted by Crippen LogP contribution is -2.27. The van der Waals surface area contributed by atoms with Crippen LogP contribution in [0.2, 0.25) is 0 Å². The van der Waals surface area contributed by atoms with Crippen molar-refractivity contribution in [3.05, 3.63) is 65.1 Å². The molecule has 5 nitrogen and oxygen atoms in total. The van der Waals surface area contributed by atoms with Crippen molar-refractivity contribution in [1.82, 2.24) is 0 Å². The van der Waals surface area contributed by atoms with Gasteiger partial charge in [0.1, 0.15) is 5.75 Å². The van der Waals surface area contributed by atoms with E-state index in [0.717, 1.165) is 22.1 Å². The van der Waals surface area contributed by atoms with Crippen LogP contribution in [0.4, 0.5) is 5.69 Å². The molecule has 0 unspecified atom stereocenters. The van der Waals surface area contributed by atoms with Gasteiger partial charge in [0.05, 0.1) is 17.7 Å². The van der Waals surface area contributed by atoms with Crippen molar-refractivity contribution >= 4 is 56.7 Å². The minimum Gasteiger partial charge on any atom is -0.496 e. The van der Waals surface area contributed by atoms with E-state index in [0.29, 0.717) is 26.4 Å². The van der Waals surface area contributed by atoms with Gasteiger partial charge in [0, 0.05) is 11.5 Å². The fourth-order valence-electron chi connectivity index (χ4n) is 3.45. The number of rotatable bonds is 3. The average Bonchev–Trinajstić information content (AvgIpc) is 3.31. The smallest absolute Gasteiger partial charge is 0.270 e. The number of anilines is 1. The first-order chi connectivity index (χ1) is 14.2. The zero-order chi connectivity index (χ0) is 20.0. The van der Waals surface area contributed by atoms with E-state index >= 15 is 0 Å². The SMILES string of the molecule is COc1ccc(/C=C2/SC(=S)N(c3ccc4c(c3)OCO4)C2=O)c2ccccc12. The highest BCUT2D eigenvalue weighted by atomic mass is 32.2. The van der Waals surface area contributed by atoms with E-state index in [2.05, 4.69) is 0 Å². The molecule has 1 fully saturated rings. The summed E-state index contributed by atoms with van der Waals surface area (Å²) in [7, 11) is 1.65. The molecule has 0 bridgehead atoms. The molecule has 0 N–H and O–H groups in total. The highest BCUT2D eigenvalue weighted by Gasteiger charge is 2.34. The lowest BCUT2D eigenvalue weighted by molar-refractivity contribution is -0.113. The van der Waals surface area contributed by atoms with Crippen molar-refractivity contribution in [2.45, 2.75) is 0 Å². The molecule has 3 aromatic carbocycles. The van der Waals surface area contributed by atoms with Crippen LogP contribution in [0.5, 0.6) is 17.2 Å². The minimum absolute atomic E-state index is 0.154. The Hall–Kier alpha value is -3.03. The summed E-state index contributed by atoms with van der Waals surface area (Å²) in [5.74, 6) is 1.92. The third-order valence-corrected chi connectivity index (χ3v) is 6.13. The van der Waals surface area contributed by atoms with Gasteiger partial charge in [0.15, 0.2) is 15.8 Å². The Balaban J connectivity index is 1.54. The number of methoxy groups -OCH3 is 1. The van der Waals surface area contributed by atoms with Crippen LogP contribution in [0.25, 0.3) is 16.8 Å². The second kappa shape index (κ2) is 7.09. The summed E-state index contributed by atoms with van der Waals surface area (Å²) >= 11 is 6.78. The fourth-order valence-corrected chi connectivity index (χ4v) is 4.74. The van der Waals surface area contributed by atoms with E-state index in [9.17, 15) is 4.79 Å². The predicted octanol–water partition coefficient (Wildman–Crippen LogP) is 4.98. The third kappa shape index (κ3) is 3.03. The number of hydrogen-bond donors (Lipinski definition) is 0. The van der Waals surface area contributed by atoms with Gasteiger partial charge in [0.25, 0.3) is 5.91 Å². The highest BCUT2D eigenvalue weighted by molar-refractivity contribution is 8.27. The van der Waals surface area contributed by atoms with Crippen molar-refractivity contribution in [2.24, 2.45) is 0 Å². The average molecular weight is 421 g/mol. The van der Waals surface area contributed by atoms with Crippen LogP contribution in [0.1, 0.15) is 5.56 Å². The van der Waals surface area contributed by atoms with E-state index in [1.807, 2.05) is 48.5 Å². The summed E-state index contributed by atoms with van der Waals surface area (Å²) in [5, 5.41) is 2.01. The fraction of sp³-hybridized carbons (Fsp3) is 0.0909. The maximum Gasteiger partial charge on any atom is 0.270 e. The van der Waals surface area contributed by atoms with Crippen LogP contribution in [-0.4, -0.2) is 24.1 Å². The summed E-state index contributed by atoms with van der Waals surface area (Å²) in [5.41, 5.74) is 1.60. The number of ether oxygens (including phenoxy) is 3. The molecule has 1 saturated heterocycles. The molecule has 0 spiro atoms. The number of benzene rings is 3. The summed E-state index contributed by atoms with van der Waals surface area (Å²) < 4.78 is 16.7. The maximum absolute atomic E-state index is 13.1. The molecule has 0 aromatic heterocycles. The Bertz CT molecular complexity index is 1200. The van der Waals surface area contributed by atoms with Gasteiger partial charge in [-0.2, -0.15) is 0 Å². The van der Waals surface area contributed by atoms with E-state index in [1.54, 1.807) is 19.2 Å². The Morgan fingerprint density at radius 2 is 1.86 bits per heavy atom. The molecule has 29 heavy (non-hydrogen) atoms. The Morgan fingerprint density at radius 3 is 2.69 bits per heavy atom. The normalized spacial score (nSPS) is 16.9. The van der Waals surface area contributed by atoms with Gasteiger partial charge in [0.2, 0.25) is 6.79 Å². The zero-order valence-electron chi connectivity index (χ0n) is 15.4. The van der Waals surface area contributed by atoms with Crippen molar-refractivity contribution in [2.75, 3.05) is 18.8 Å². The van der Waals surface area contributed by atoms with Crippen LogP contribution in [-0.2, 0) is 4.79 Å². The summed E-state index contributed by atoms with van der Waals surface area (Å²) in [6, 6.07) is 17.2. The number of nitrogens with zero attached hydrogens (tertiary/aromatic N) is 1. The first-order valence-electron chi connectivity index (χ1n) is 8.89. The largest absolute Gasteiger partial charge is 0.496 e. The Morgan fingerprint density at radius 1 is 1.07 bits per heavy atom. The number of thiocarbonyl (C=S) groups is 1. The maximum atomic E-state index is 13.1. The highest BCUT2D eigenvalue weighted by Crippen LogP contribution is 2.41. The second-order valence-electron chi connectivity index (χ2n) is 6.46. The van der Waals surface area contributed by atoms with Crippen LogP contribution in [0.3, 0.4) is 0 Å². The summed E-state index contributed by atoms with van der Waals surface area (Å²) in [4.78, 5) is 15.2. The topological polar surface area (TPSA) is 48.0 Å². The van der Waals surface area contributed by atoms with Crippen LogP contribution >= 0.6 is 24.0 Å². The summed E-state index contributed by atoms with van der Waals surface area (Å²) in [6.45, 7) is 0.182. The molecule has 3 aromatic rings. The molecular formula is C22H15NO4S2. The lowest BCUT2D eigenvalue weighted by Gasteiger charge is -2.14. The van der Waals surface area contributed by atoms with Gasteiger partial charge >= 0.3 is 0 Å². The van der Waals surface area contributed by atoms with Crippen molar-refractivity contribution in [3.63, 3.8) is 0 Å². The monoisotopic (exact) mass is 421 g/mol. The molecule has 0 atom stereocenters. The van der Waals surface area contributed by atoms with Gasteiger partial charge < -0.3 is 14.2 Å². The lowest BCUT2D eigenvalue weighted by atomic mass is 10.0. The Labute approximate surface area is 176 Å². The predicted molar refractivity (Wildman–Crippen MR) is 119 cm³/mol. The van der Waals surface area contributed by atoms with Gasteiger partial charge in [-0.25, -0.2) is 0 Å². The van der Waals surface area contributed by atoms with Crippen molar-refractivity contribution in [3.8, 4) is 17.2 Å². The molecule has 5 rings (SSSR count). The quantitative estimate of drug-likeness (QED) is 0.439. The van der Waals surface area contributed by atoms with Crippen molar-refractivity contribution in [1.29, 1.82) is 0 Å². The van der Waals surface area contributed by atoms with E-state index < -0.39 is 0 Å². The van der Waals surface area contributed by atoms with Gasteiger partial charge in [-0.15, -0.1) is 0 Å². The molecule has 2 aliphatic rings. The van der Waals surface area contributed by atoms with Crippen LogP contribution in [0.15, 0.2) is 59.5 Å². The third-order valence-electron chi connectivity index (χ3n) is 4.83. The molecule has 0 aliphatic carbocycles.